The predicted octanol–water partition coefficient (Wildman–Crippen LogP) is 2.66. The topological polar surface area (TPSA) is 33.4 Å². The van der Waals surface area contributed by atoms with Crippen LogP contribution in [-0.2, 0) is 6.42 Å². The Balaban J connectivity index is 2.82. The zero-order valence-electron chi connectivity index (χ0n) is 7.52. The van der Waals surface area contributed by atoms with Gasteiger partial charge in [-0.3, -0.25) is 0 Å². The van der Waals surface area contributed by atoms with Gasteiger partial charge in [0.1, 0.15) is 5.76 Å². The van der Waals surface area contributed by atoms with Crippen LogP contribution in [0.4, 0.5) is 0 Å². The van der Waals surface area contributed by atoms with Crippen molar-refractivity contribution in [1.29, 1.82) is 0 Å². The first kappa shape index (κ1) is 9.81. The van der Waals surface area contributed by atoms with Gasteiger partial charge >= 0.3 is 0 Å². The number of rotatable bonds is 2. The van der Waals surface area contributed by atoms with Crippen LogP contribution in [0.1, 0.15) is 25.2 Å². The highest BCUT2D eigenvalue weighted by Gasteiger charge is 2.17. The molecule has 1 rings (SSSR count). The number of furan rings is 1. The molecule has 0 unspecified atom stereocenters. The molecule has 0 spiro atoms. The van der Waals surface area contributed by atoms with Gasteiger partial charge in [-0.1, -0.05) is 0 Å². The van der Waals surface area contributed by atoms with E-state index in [9.17, 15) is 5.11 Å². The van der Waals surface area contributed by atoms with E-state index in [4.69, 9.17) is 4.42 Å². The van der Waals surface area contributed by atoms with Crippen molar-refractivity contribution in [2.45, 2.75) is 32.8 Å². The van der Waals surface area contributed by atoms with Crippen molar-refractivity contribution < 1.29 is 9.52 Å². The fourth-order valence-electron chi connectivity index (χ4n) is 1.05. The summed E-state index contributed by atoms with van der Waals surface area (Å²) < 4.78 is 6.07. The highest BCUT2D eigenvalue weighted by molar-refractivity contribution is 9.10. The molecule has 1 N–H and O–H groups in total. The molecule has 0 fully saturated rings. The molecule has 0 saturated heterocycles. The van der Waals surface area contributed by atoms with E-state index in [1.807, 2.05) is 13.0 Å². The number of hydrogen-bond donors (Lipinski definition) is 1. The minimum atomic E-state index is -0.706. The first-order chi connectivity index (χ1) is 5.38. The fraction of sp³-hybridized carbons (Fsp3) is 0.556. The van der Waals surface area contributed by atoms with Gasteiger partial charge in [-0.2, -0.15) is 0 Å². The molecule has 0 radical (unpaired) electrons. The Morgan fingerprint density at radius 1 is 1.58 bits per heavy atom. The molecule has 1 heterocycles. The summed E-state index contributed by atoms with van der Waals surface area (Å²) in [5.41, 5.74) is 0.367. The van der Waals surface area contributed by atoms with Gasteiger partial charge in [0.05, 0.1) is 5.60 Å². The third-order valence-corrected chi connectivity index (χ3v) is 1.97. The molecule has 0 aliphatic carbocycles. The smallest absolute Gasteiger partial charge is 0.169 e. The summed E-state index contributed by atoms with van der Waals surface area (Å²) >= 11 is 3.24. The van der Waals surface area contributed by atoms with Crippen LogP contribution in [0.15, 0.2) is 15.2 Å². The molecule has 0 atom stereocenters. The van der Waals surface area contributed by atoms with Crippen molar-refractivity contribution in [2.75, 3.05) is 0 Å². The lowest BCUT2D eigenvalue weighted by molar-refractivity contribution is 0.0747. The molecular weight excluding hydrogens is 220 g/mol. The maximum Gasteiger partial charge on any atom is 0.169 e. The van der Waals surface area contributed by atoms with Gasteiger partial charge in [-0.25, -0.2) is 0 Å². The zero-order chi connectivity index (χ0) is 9.35. The monoisotopic (exact) mass is 232 g/mol. The number of aliphatic hydroxyl groups is 1. The average molecular weight is 233 g/mol. The predicted molar refractivity (Wildman–Crippen MR) is 51.1 cm³/mol. The summed E-state index contributed by atoms with van der Waals surface area (Å²) in [5, 5.41) is 9.53. The second-order valence-corrected chi connectivity index (χ2v) is 4.43. The summed E-state index contributed by atoms with van der Waals surface area (Å²) in [6, 6.07) is 1.90. The molecule has 3 heteroatoms. The van der Waals surface area contributed by atoms with E-state index in [1.165, 1.54) is 0 Å². The molecule has 1 aromatic heterocycles. The van der Waals surface area contributed by atoms with Crippen molar-refractivity contribution >= 4 is 15.9 Å². The molecular formula is C9H13BrO2. The first-order valence-electron chi connectivity index (χ1n) is 3.86. The summed E-state index contributed by atoms with van der Waals surface area (Å²) in [6.07, 6.45) is 0.546. The second-order valence-electron chi connectivity index (χ2n) is 3.65. The summed E-state index contributed by atoms with van der Waals surface area (Å²) in [5.74, 6) is 0.842. The molecule has 0 amide bonds. The van der Waals surface area contributed by atoms with Gasteiger partial charge in [-0.15, -0.1) is 0 Å². The Morgan fingerprint density at radius 3 is 2.50 bits per heavy atom. The number of hydrogen-bond acceptors (Lipinski definition) is 2. The highest BCUT2D eigenvalue weighted by atomic mass is 79.9. The largest absolute Gasteiger partial charge is 0.454 e. The van der Waals surface area contributed by atoms with Gasteiger partial charge in [0.25, 0.3) is 0 Å². The van der Waals surface area contributed by atoms with E-state index >= 15 is 0 Å². The van der Waals surface area contributed by atoms with Crippen molar-refractivity contribution in [3.8, 4) is 0 Å². The Kier molecular flexibility index (Phi) is 2.64. The van der Waals surface area contributed by atoms with Gasteiger partial charge < -0.3 is 9.52 Å². The Labute approximate surface area is 80.7 Å². The summed E-state index contributed by atoms with van der Waals surface area (Å²) in [6.45, 7) is 5.50. The van der Waals surface area contributed by atoms with Crippen LogP contribution in [0.3, 0.4) is 0 Å². The van der Waals surface area contributed by atoms with Crippen molar-refractivity contribution in [2.24, 2.45) is 0 Å². The van der Waals surface area contributed by atoms with Gasteiger partial charge in [-0.05, 0) is 48.3 Å². The maximum atomic E-state index is 9.53. The van der Waals surface area contributed by atoms with Crippen LogP contribution in [0.5, 0.6) is 0 Å². The zero-order valence-corrected chi connectivity index (χ0v) is 9.10. The fourth-order valence-corrected chi connectivity index (χ4v) is 1.59. The molecule has 12 heavy (non-hydrogen) atoms. The molecule has 0 aromatic carbocycles. The number of halogens is 1. The minimum absolute atomic E-state index is 0.546. The Morgan fingerprint density at radius 2 is 2.17 bits per heavy atom. The van der Waals surface area contributed by atoms with E-state index in [1.54, 1.807) is 13.8 Å². The Hall–Kier alpha value is -0.280. The lowest BCUT2D eigenvalue weighted by Crippen LogP contribution is -2.21. The molecule has 68 valence electrons. The van der Waals surface area contributed by atoms with Crippen LogP contribution in [0.25, 0.3) is 0 Å². The SMILES string of the molecule is Cc1cc(Br)oc1CC(C)(C)O. The summed E-state index contributed by atoms with van der Waals surface area (Å²) in [7, 11) is 0. The van der Waals surface area contributed by atoms with Crippen LogP contribution < -0.4 is 0 Å². The quantitative estimate of drug-likeness (QED) is 0.851. The minimum Gasteiger partial charge on any atom is -0.454 e. The maximum absolute atomic E-state index is 9.53. The van der Waals surface area contributed by atoms with E-state index in [-0.39, 0.29) is 0 Å². The van der Waals surface area contributed by atoms with Gasteiger partial charge in [0.2, 0.25) is 0 Å². The highest BCUT2D eigenvalue weighted by Crippen LogP contribution is 2.23. The van der Waals surface area contributed by atoms with Crippen molar-refractivity contribution in [1.82, 2.24) is 0 Å². The Bertz CT molecular complexity index is 271. The van der Waals surface area contributed by atoms with Crippen LogP contribution in [-0.4, -0.2) is 10.7 Å². The van der Waals surface area contributed by atoms with Crippen LogP contribution >= 0.6 is 15.9 Å². The van der Waals surface area contributed by atoms with E-state index in [2.05, 4.69) is 15.9 Å². The number of aryl methyl sites for hydroxylation is 1. The normalized spacial score (nSPS) is 12.1. The molecule has 0 saturated carbocycles. The standard InChI is InChI=1S/C9H13BrO2/c1-6-4-8(10)12-7(6)5-9(2,3)11/h4,11H,5H2,1-3H3. The van der Waals surface area contributed by atoms with E-state index in [0.29, 0.717) is 6.42 Å². The van der Waals surface area contributed by atoms with Crippen LogP contribution in [0, 0.1) is 6.92 Å². The third kappa shape index (κ3) is 2.64. The molecule has 1 aromatic rings. The third-order valence-electron chi connectivity index (χ3n) is 1.58. The van der Waals surface area contributed by atoms with Crippen molar-refractivity contribution in [3.05, 3.63) is 22.1 Å². The lowest BCUT2D eigenvalue weighted by atomic mass is 10.0. The molecule has 2 nitrogen and oxygen atoms in total. The van der Waals surface area contributed by atoms with E-state index < -0.39 is 5.60 Å². The molecule has 0 aliphatic heterocycles. The van der Waals surface area contributed by atoms with Crippen molar-refractivity contribution in [3.63, 3.8) is 0 Å². The average Bonchev–Trinajstić information content (AvgIpc) is 2.06. The second kappa shape index (κ2) is 3.23. The molecule has 0 aliphatic rings. The lowest BCUT2D eigenvalue weighted by Gasteiger charge is -2.15. The summed E-state index contributed by atoms with van der Waals surface area (Å²) in [4.78, 5) is 0. The van der Waals surface area contributed by atoms with Crippen LogP contribution in [0.2, 0.25) is 0 Å². The van der Waals surface area contributed by atoms with Gasteiger partial charge in [0, 0.05) is 6.42 Å². The van der Waals surface area contributed by atoms with E-state index in [0.717, 1.165) is 16.0 Å². The van der Waals surface area contributed by atoms with Gasteiger partial charge in [0.15, 0.2) is 4.67 Å². The first-order valence-corrected chi connectivity index (χ1v) is 4.65. The molecule has 0 bridgehead atoms.